The van der Waals surface area contributed by atoms with Crippen molar-refractivity contribution in [3.8, 4) is 28.7 Å². The molecule has 1 saturated carbocycles. The fraction of sp³-hybridized carbons (Fsp3) is 0.600. The predicted molar refractivity (Wildman–Crippen MR) is 160 cm³/mol. The maximum absolute atomic E-state index is 11.4. The van der Waals surface area contributed by atoms with E-state index < -0.39 is 31.0 Å². The number of aliphatic hydroxyl groups is 3. The van der Waals surface area contributed by atoms with Gasteiger partial charge in [-0.1, -0.05) is 21.6 Å². The minimum absolute atomic E-state index is 0.111. The van der Waals surface area contributed by atoms with Crippen molar-refractivity contribution in [1.82, 2.24) is 0 Å². The lowest BCUT2D eigenvalue weighted by Crippen LogP contribution is -2.37. The lowest BCUT2D eigenvalue weighted by molar-refractivity contribution is -0.0808. The molecule has 1 aliphatic heterocycles. The van der Waals surface area contributed by atoms with Crippen molar-refractivity contribution in [2.75, 3.05) is 26.8 Å². The summed E-state index contributed by atoms with van der Waals surface area (Å²) < 4.78 is 22.4. The highest BCUT2D eigenvalue weighted by Gasteiger charge is 2.31. The summed E-state index contributed by atoms with van der Waals surface area (Å²) in [5.74, 6) is 1.44. The monoisotopic (exact) mass is 610 g/mol. The van der Waals surface area contributed by atoms with Gasteiger partial charge in [0.2, 0.25) is 5.75 Å². The number of aromatic hydroxyl groups is 2. The Labute approximate surface area is 249 Å². The van der Waals surface area contributed by atoms with Crippen LogP contribution in [0.2, 0.25) is 0 Å². The lowest BCUT2D eigenvalue weighted by atomic mass is 9.86. The number of phenols is 2. The molecule has 0 saturated heterocycles. The predicted octanol–water partition coefficient (Wildman–Crippen LogP) is 4.57. The highest BCUT2D eigenvalue weighted by atomic mass is 33.1. The number of aryl methyl sites for hydroxylation is 1. The number of rotatable bonds is 8. The van der Waals surface area contributed by atoms with E-state index >= 15 is 0 Å². The Hall–Kier alpha value is -2.02. The van der Waals surface area contributed by atoms with Gasteiger partial charge in [0.1, 0.15) is 6.79 Å². The van der Waals surface area contributed by atoms with E-state index in [9.17, 15) is 25.5 Å². The molecule has 0 aromatic heterocycles. The van der Waals surface area contributed by atoms with Crippen LogP contribution in [0.4, 0.5) is 0 Å². The van der Waals surface area contributed by atoms with Gasteiger partial charge in [-0.3, -0.25) is 0 Å². The molecular formula is C30H42O9S2. The Morgan fingerprint density at radius 1 is 0.829 bits per heavy atom. The Kier molecular flexibility index (Phi) is 12.0. The van der Waals surface area contributed by atoms with Gasteiger partial charge >= 0.3 is 0 Å². The first kappa shape index (κ1) is 31.9. The van der Waals surface area contributed by atoms with E-state index in [0.717, 1.165) is 42.4 Å². The number of fused-ring (bicyclic) bond motifs is 1. The summed E-state index contributed by atoms with van der Waals surface area (Å²) in [6, 6.07) is 7.05. The van der Waals surface area contributed by atoms with E-state index in [1.54, 1.807) is 29.0 Å². The van der Waals surface area contributed by atoms with E-state index in [2.05, 4.69) is 0 Å². The van der Waals surface area contributed by atoms with Crippen LogP contribution < -0.4 is 14.2 Å². The third kappa shape index (κ3) is 8.52. The highest BCUT2D eigenvalue weighted by Crippen LogP contribution is 2.40. The van der Waals surface area contributed by atoms with E-state index in [4.69, 9.17) is 18.9 Å². The van der Waals surface area contributed by atoms with Gasteiger partial charge in [0.15, 0.2) is 23.0 Å². The highest BCUT2D eigenvalue weighted by molar-refractivity contribution is 8.76. The van der Waals surface area contributed by atoms with Crippen LogP contribution in [0.25, 0.3) is 0 Å². The number of hydrogen-bond acceptors (Lipinski definition) is 11. The largest absolute Gasteiger partial charge is 0.504 e. The molecule has 1 fully saturated rings. The van der Waals surface area contributed by atoms with E-state index in [-0.39, 0.29) is 35.5 Å². The summed E-state index contributed by atoms with van der Waals surface area (Å²) in [7, 11) is 5.99. The summed E-state index contributed by atoms with van der Waals surface area (Å²) in [5, 5.41) is 53.3. The fourth-order valence-electron chi connectivity index (χ4n) is 5.65. The van der Waals surface area contributed by atoms with Crippen LogP contribution >= 0.6 is 21.6 Å². The van der Waals surface area contributed by atoms with Crippen LogP contribution in [0, 0.1) is 5.92 Å². The van der Waals surface area contributed by atoms with Crippen molar-refractivity contribution in [2.24, 2.45) is 5.92 Å². The summed E-state index contributed by atoms with van der Waals surface area (Å²) in [6.07, 6.45) is 3.77. The number of benzene rings is 2. The first-order valence-corrected chi connectivity index (χ1v) is 16.6. The fourth-order valence-corrected chi connectivity index (χ4v) is 7.95. The van der Waals surface area contributed by atoms with Gasteiger partial charge in [-0.25, -0.2) is 0 Å². The van der Waals surface area contributed by atoms with Crippen molar-refractivity contribution in [2.45, 2.75) is 81.5 Å². The summed E-state index contributed by atoms with van der Waals surface area (Å²) in [4.78, 5) is 0. The molecule has 228 valence electrons. The van der Waals surface area contributed by atoms with Crippen molar-refractivity contribution >= 4 is 21.6 Å². The molecule has 0 radical (unpaired) electrons. The van der Waals surface area contributed by atoms with E-state index in [0.29, 0.717) is 36.5 Å². The standard InChI is InChI=1S/C30H42O9S2/c1-36-28-10-18(11-29(37-2)30(28)35)9-23-24(32)14-22(38-17-31)8-7-19-13-27(39-21-5-3-4-6-21)25(33)12-20(19)15-40-41-16-26(23)34/h10-13,21-24,26,31-35H,3-9,14-17H2,1-2H3/t22-,23+,24+,26-/m0/s1. The average molecular weight is 611 g/mol. The summed E-state index contributed by atoms with van der Waals surface area (Å²) in [5.41, 5.74) is 2.75. The molecule has 0 bridgehead atoms. The topological polar surface area (TPSA) is 138 Å². The zero-order valence-electron chi connectivity index (χ0n) is 23.7. The quantitative estimate of drug-likeness (QED) is 0.212. The van der Waals surface area contributed by atoms with Crippen molar-refractivity contribution < 1.29 is 44.5 Å². The van der Waals surface area contributed by atoms with Crippen LogP contribution in [0.15, 0.2) is 24.3 Å². The van der Waals surface area contributed by atoms with Crippen LogP contribution in [-0.2, 0) is 23.3 Å². The minimum atomic E-state index is -0.931. The second-order valence-corrected chi connectivity index (χ2v) is 13.2. The van der Waals surface area contributed by atoms with Gasteiger partial charge in [0.05, 0.1) is 38.6 Å². The molecule has 0 unspecified atom stereocenters. The first-order chi connectivity index (χ1) is 19.8. The SMILES string of the molecule is COc1cc(C[C@@H]2[C@H](O)C[C@@H](OCO)CCc3cc(OC4CCCC4)c(O)cc3CSSC[C@@H]2O)cc(OC)c1O. The number of methoxy groups -OCH3 is 2. The van der Waals surface area contributed by atoms with Crippen LogP contribution in [-0.4, -0.2) is 76.7 Å². The Bertz CT molecular complexity index is 1100. The molecular weight excluding hydrogens is 568 g/mol. The van der Waals surface area contributed by atoms with Gasteiger partial charge in [0.25, 0.3) is 0 Å². The molecule has 1 aliphatic carbocycles. The number of ether oxygens (including phenoxy) is 4. The van der Waals surface area contributed by atoms with E-state index in [1.165, 1.54) is 25.0 Å². The second kappa shape index (κ2) is 15.5. The lowest BCUT2D eigenvalue weighted by Gasteiger charge is -2.30. The first-order valence-electron chi connectivity index (χ1n) is 14.1. The van der Waals surface area contributed by atoms with Crippen LogP contribution in [0.3, 0.4) is 0 Å². The third-order valence-corrected chi connectivity index (χ3v) is 10.3. The second-order valence-electron chi connectivity index (χ2n) is 10.7. The molecule has 0 amide bonds. The molecule has 2 aliphatic rings. The molecule has 0 spiro atoms. The average Bonchev–Trinajstić information content (AvgIpc) is 3.47. The Balaban J connectivity index is 1.56. The molecule has 1 heterocycles. The van der Waals surface area contributed by atoms with Crippen molar-refractivity contribution in [3.63, 3.8) is 0 Å². The molecule has 4 atom stereocenters. The molecule has 9 nitrogen and oxygen atoms in total. The van der Waals surface area contributed by atoms with Gasteiger partial charge in [-0.05, 0) is 92.3 Å². The molecule has 5 N–H and O–H groups in total. The Morgan fingerprint density at radius 2 is 1.54 bits per heavy atom. The third-order valence-electron chi connectivity index (χ3n) is 7.96. The van der Waals surface area contributed by atoms with Crippen LogP contribution in [0.5, 0.6) is 28.7 Å². The molecule has 4 rings (SSSR count). The normalized spacial score (nSPS) is 24.5. The van der Waals surface area contributed by atoms with Crippen molar-refractivity contribution in [3.05, 3.63) is 41.0 Å². The summed E-state index contributed by atoms with van der Waals surface area (Å²) in [6.45, 7) is -0.485. The maximum Gasteiger partial charge on any atom is 0.200 e. The number of hydrogen-bond donors (Lipinski definition) is 5. The molecule has 2 aromatic rings. The smallest absolute Gasteiger partial charge is 0.200 e. The number of phenolic OH excluding ortho intramolecular Hbond substituents is 2. The van der Waals surface area contributed by atoms with Gasteiger partial charge < -0.3 is 44.5 Å². The Morgan fingerprint density at radius 3 is 2.20 bits per heavy atom. The van der Waals surface area contributed by atoms with E-state index in [1.807, 2.05) is 6.07 Å². The molecule has 41 heavy (non-hydrogen) atoms. The maximum atomic E-state index is 11.4. The zero-order chi connectivity index (χ0) is 29.4. The van der Waals surface area contributed by atoms with Crippen LogP contribution in [0.1, 0.15) is 55.2 Å². The number of aliphatic hydroxyl groups excluding tert-OH is 3. The van der Waals surface area contributed by atoms with Crippen molar-refractivity contribution in [1.29, 1.82) is 0 Å². The molecule has 2 aromatic carbocycles. The summed E-state index contributed by atoms with van der Waals surface area (Å²) >= 11 is 0. The van der Waals surface area contributed by atoms with Gasteiger partial charge in [-0.2, -0.15) is 0 Å². The zero-order valence-corrected chi connectivity index (χ0v) is 25.3. The minimum Gasteiger partial charge on any atom is -0.504 e. The molecule has 11 heteroatoms. The van der Waals surface area contributed by atoms with Gasteiger partial charge in [0, 0.05) is 17.4 Å². The van der Waals surface area contributed by atoms with Gasteiger partial charge in [-0.15, -0.1) is 0 Å².